The Morgan fingerprint density at radius 3 is 2.38 bits per heavy atom. The van der Waals surface area contributed by atoms with Crippen LogP contribution < -0.4 is 10.6 Å². The predicted octanol–water partition coefficient (Wildman–Crippen LogP) is 0.853. The highest BCUT2D eigenvalue weighted by molar-refractivity contribution is 5.85. The molecule has 2 amide bonds. The van der Waals surface area contributed by atoms with Crippen molar-refractivity contribution in [1.29, 1.82) is 0 Å². The number of ether oxygens (including phenoxy) is 1. The number of methoxy groups -OCH3 is 1. The Morgan fingerprint density at radius 2 is 1.90 bits per heavy atom. The van der Waals surface area contributed by atoms with Gasteiger partial charge >= 0.3 is 5.97 Å². The van der Waals surface area contributed by atoms with Gasteiger partial charge in [-0.15, -0.1) is 0 Å². The summed E-state index contributed by atoms with van der Waals surface area (Å²) in [5.74, 6) is 0.154. The van der Waals surface area contributed by atoms with Crippen molar-refractivity contribution in [3.63, 3.8) is 0 Å². The van der Waals surface area contributed by atoms with Crippen LogP contribution in [0.4, 0.5) is 0 Å². The minimum Gasteiger partial charge on any atom is -0.467 e. The first-order chi connectivity index (χ1) is 9.85. The molecule has 1 aliphatic carbocycles. The van der Waals surface area contributed by atoms with Crippen LogP contribution in [0.15, 0.2) is 0 Å². The first-order valence-electron chi connectivity index (χ1n) is 7.50. The van der Waals surface area contributed by atoms with Gasteiger partial charge in [-0.3, -0.25) is 9.59 Å². The fourth-order valence-electron chi connectivity index (χ4n) is 2.21. The molecule has 120 valence electrons. The van der Waals surface area contributed by atoms with E-state index in [1.54, 1.807) is 0 Å². The highest BCUT2D eigenvalue weighted by Gasteiger charge is 2.38. The molecule has 0 bridgehead atoms. The third kappa shape index (κ3) is 6.14. The largest absolute Gasteiger partial charge is 0.467 e. The molecular weight excluding hydrogens is 272 g/mol. The molecular formula is C15H26N2O4. The zero-order chi connectivity index (χ0) is 16.0. The number of hydrogen-bond acceptors (Lipinski definition) is 4. The summed E-state index contributed by atoms with van der Waals surface area (Å²) in [4.78, 5) is 35.0. The molecule has 3 atom stereocenters. The monoisotopic (exact) mass is 298 g/mol. The van der Waals surface area contributed by atoms with Crippen molar-refractivity contribution >= 4 is 17.8 Å². The quantitative estimate of drug-likeness (QED) is 0.651. The van der Waals surface area contributed by atoms with Crippen LogP contribution in [0, 0.1) is 17.8 Å². The number of hydrogen-bond donors (Lipinski definition) is 2. The van der Waals surface area contributed by atoms with Crippen molar-refractivity contribution < 1.29 is 19.1 Å². The van der Waals surface area contributed by atoms with Crippen LogP contribution in [0.2, 0.25) is 0 Å². The second kappa shape index (κ2) is 8.00. The smallest absolute Gasteiger partial charge is 0.328 e. The number of amides is 2. The van der Waals surface area contributed by atoms with Crippen molar-refractivity contribution in [2.45, 2.75) is 46.1 Å². The van der Waals surface area contributed by atoms with Crippen LogP contribution in [-0.2, 0) is 19.1 Å². The van der Waals surface area contributed by atoms with E-state index >= 15 is 0 Å². The Kier molecular flexibility index (Phi) is 6.65. The number of carbonyl (C=O) groups is 3. The van der Waals surface area contributed by atoms with Crippen molar-refractivity contribution in [3.8, 4) is 0 Å². The van der Waals surface area contributed by atoms with E-state index < -0.39 is 12.0 Å². The van der Waals surface area contributed by atoms with Crippen molar-refractivity contribution in [3.05, 3.63) is 0 Å². The van der Waals surface area contributed by atoms with E-state index in [-0.39, 0.29) is 30.1 Å². The van der Waals surface area contributed by atoms with Gasteiger partial charge in [-0.25, -0.2) is 4.79 Å². The predicted molar refractivity (Wildman–Crippen MR) is 78.3 cm³/mol. The van der Waals surface area contributed by atoms with E-state index in [2.05, 4.69) is 15.4 Å². The van der Waals surface area contributed by atoms with Gasteiger partial charge in [-0.05, 0) is 24.7 Å². The van der Waals surface area contributed by atoms with Gasteiger partial charge in [0.05, 0.1) is 7.11 Å². The molecule has 1 fully saturated rings. The normalized spacial score (nSPS) is 21.6. The summed E-state index contributed by atoms with van der Waals surface area (Å²) < 4.78 is 4.68. The minimum absolute atomic E-state index is 0.0157. The standard InChI is InChI=1S/C15H26N2O4/c1-9(2)7-12(15(20)21-4)17-13(18)5-6-16-14(19)11-8-10(11)3/h9-12H,5-8H2,1-4H3,(H,16,19)(H,17,18)/t10-,11-,12-/m0/s1. The highest BCUT2D eigenvalue weighted by atomic mass is 16.5. The molecule has 2 N–H and O–H groups in total. The SMILES string of the molecule is COC(=O)[C@H](CC(C)C)NC(=O)CCNC(=O)[C@H]1C[C@@H]1C. The topological polar surface area (TPSA) is 84.5 Å². The molecule has 0 unspecified atom stereocenters. The maximum atomic E-state index is 11.8. The summed E-state index contributed by atoms with van der Waals surface area (Å²) >= 11 is 0. The molecule has 0 aromatic rings. The van der Waals surface area contributed by atoms with Gasteiger partial charge in [-0.1, -0.05) is 20.8 Å². The third-order valence-electron chi connectivity index (χ3n) is 3.63. The van der Waals surface area contributed by atoms with Crippen LogP contribution >= 0.6 is 0 Å². The van der Waals surface area contributed by atoms with Gasteiger partial charge in [0.1, 0.15) is 6.04 Å². The average Bonchev–Trinajstić information content (AvgIpc) is 3.13. The number of carbonyl (C=O) groups excluding carboxylic acids is 3. The first-order valence-corrected chi connectivity index (χ1v) is 7.50. The molecule has 0 aliphatic heterocycles. The Morgan fingerprint density at radius 1 is 1.29 bits per heavy atom. The van der Waals surface area contributed by atoms with Crippen molar-refractivity contribution in [2.75, 3.05) is 13.7 Å². The van der Waals surface area contributed by atoms with Crippen LogP contribution in [0.1, 0.15) is 40.0 Å². The lowest BCUT2D eigenvalue weighted by molar-refractivity contribution is -0.145. The Labute approximate surface area is 126 Å². The van der Waals surface area contributed by atoms with Gasteiger partial charge in [0, 0.05) is 18.9 Å². The van der Waals surface area contributed by atoms with E-state index in [1.807, 2.05) is 20.8 Å². The lowest BCUT2D eigenvalue weighted by Crippen LogP contribution is -2.43. The fraction of sp³-hybridized carbons (Fsp3) is 0.800. The zero-order valence-electron chi connectivity index (χ0n) is 13.3. The summed E-state index contributed by atoms with van der Waals surface area (Å²) in [6, 6.07) is -0.623. The molecule has 0 saturated heterocycles. The molecule has 0 heterocycles. The van der Waals surface area contributed by atoms with Crippen molar-refractivity contribution in [1.82, 2.24) is 10.6 Å². The Hall–Kier alpha value is -1.59. The Bertz CT molecular complexity index is 395. The van der Waals surface area contributed by atoms with Gasteiger partial charge in [-0.2, -0.15) is 0 Å². The van der Waals surface area contributed by atoms with Crippen LogP contribution in [0.3, 0.4) is 0 Å². The molecule has 6 heteroatoms. The molecule has 0 radical (unpaired) electrons. The van der Waals surface area contributed by atoms with Crippen LogP contribution in [0.5, 0.6) is 0 Å². The molecule has 0 aromatic heterocycles. The fourth-order valence-corrected chi connectivity index (χ4v) is 2.21. The van der Waals surface area contributed by atoms with Gasteiger partial charge in [0.2, 0.25) is 11.8 Å². The zero-order valence-corrected chi connectivity index (χ0v) is 13.3. The minimum atomic E-state index is -0.623. The molecule has 1 saturated carbocycles. The summed E-state index contributed by atoms with van der Waals surface area (Å²) in [5, 5.41) is 5.41. The van der Waals surface area contributed by atoms with Crippen LogP contribution in [0.25, 0.3) is 0 Å². The van der Waals surface area contributed by atoms with Gasteiger partial charge < -0.3 is 15.4 Å². The van der Waals surface area contributed by atoms with E-state index in [1.165, 1.54) is 7.11 Å². The lowest BCUT2D eigenvalue weighted by Gasteiger charge is -2.18. The van der Waals surface area contributed by atoms with Gasteiger partial charge in [0.25, 0.3) is 0 Å². The maximum absolute atomic E-state index is 11.8. The third-order valence-corrected chi connectivity index (χ3v) is 3.63. The van der Waals surface area contributed by atoms with E-state index in [0.29, 0.717) is 18.9 Å². The van der Waals surface area contributed by atoms with E-state index in [4.69, 9.17) is 0 Å². The van der Waals surface area contributed by atoms with E-state index in [9.17, 15) is 14.4 Å². The molecule has 1 rings (SSSR count). The first kappa shape index (κ1) is 17.5. The number of rotatable bonds is 8. The van der Waals surface area contributed by atoms with E-state index in [0.717, 1.165) is 6.42 Å². The Balaban J connectivity index is 2.29. The molecule has 6 nitrogen and oxygen atoms in total. The molecule has 0 aromatic carbocycles. The summed E-state index contributed by atoms with van der Waals surface area (Å²) in [5.41, 5.74) is 0. The molecule has 1 aliphatic rings. The maximum Gasteiger partial charge on any atom is 0.328 e. The average molecular weight is 298 g/mol. The number of nitrogens with one attached hydrogen (secondary N) is 2. The number of esters is 1. The van der Waals surface area contributed by atoms with Gasteiger partial charge in [0.15, 0.2) is 0 Å². The summed E-state index contributed by atoms with van der Waals surface area (Å²) in [6.07, 6.45) is 1.62. The second-order valence-electron chi connectivity index (χ2n) is 6.13. The van der Waals surface area contributed by atoms with Crippen LogP contribution in [-0.4, -0.2) is 37.5 Å². The highest BCUT2D eigenvalue weighted by Crippen LogP contribution is 2.37. The van der Waals surface area contributed by atoms with Crippen molar-refractivity contribution in [2.24, 2.45) is 17.8 Å². The second-order valence-corrected chi connectivity index (χ2v) is 6.13. The molecule has 21 heavy (non-hydrogen) atoms. The summed E-state index contributed by atoms with van der Waals surface area (Å²) in [7, 11) is 1.30. The lowest BCUT2D eigenvalue weighted by atomic mass is 10.0. The summed E-state index contributed by atoms with van der Waals surface area (Å²) in [6.45, 7) is 6.27. The molecule has 0 spiro atoms.